The summed E-state index contributed by atoms with van der Waals surface area (Å²) in [5, 5.41) is 0. The van der Waals surface area contributed by atoms with Crippen LogP contribution in [0.5, 0.6) is 0 Å². The molecule has 0 amide bonds. The van der Waals surface area contributed by atoms with Crippen LogP contribution in [0.15, 0.2) is 0 Å². The van der Waals surface area contributed by atoms with Crippen molar-refractivity contribution in [2.45, 2.75) is 57.9 Å². The molecule has 1 rings (SSSR count). The number of hydrogen-bond acceptors (Lipinski definition) is 1. The van der Waals surface area contributed by atoms with Crippen molar-refractivity contribution in [1.29, 1.82) is 0 Å². The Balaban J connectivity index is 2.07. The number of hydrogen-bond donors (Lipinski definition) is 1. The zero-order valence-electron chi connectivity index (χ0n) is 8.68. The highest BCUT2D eigenvalue weighted by Gasteiger charge is 2.17. The lowest BCUT2D eigenvalue weighted by Crippen LogP contribution is -2.22. The first-order valence-electron chi connectivity index (χ1n) is 5.48. The molecule has 0 aromatic rings. The molecule has 1 fully saturated rings. The largest absolute Gasteiger partial charge is 0.328 e. The molecule has 0 spiro atoms. The molecule has 0 bridgehead atoms. The summed E-state index contributed by atoms with van der Waals surface area (Å²) in [4.78, 5) is 0. The molecule has 1 atom stereocenters. The van der Waals surface area contributed by atoms with Crippen LogP contribution < -0.4 is 5.73 Å². The predicted molar refractivity (Wildman–Crippen MR) is 57.2 cm³/mol. The van der Waals surface area contributed by atoms with Crippen molar-refractivity contribution in [2.75, 3.05) is 0 Å². The minimum atomic E-state index is 0.393. The summed E-state index contributed by atoms with van der Waals surface area (Å²) >= 11 is 0. The van der Waals surface area contributed by atoms with E-state index in [1.807, 2.05) is 6.92 Å². The van der Waals surface area contributed by atoms with Crippen molar-refractivity contribution in [3.63, 3.8) is 0 Å². The summed E-state index contributed by atoms with van der Waals surface area (Å²) in [5.41, 5.74) is 6.03. The monoisotopic (exact) mass is 179 g/mol. The maximum absolute atomic E-state index is 6.03. The van der Waals surface area contributed by atoms with E-state index in [-0.39, 0.29) is 0 Å². The Morgan fingerprint density at radius 2 is 2.08 bits per heavy atom. The zero-order valence-corrected chi connectivity index (χ0v) is 8.68. The standard InChI is InChI=1S/C12H21N/c1-2-3-4-9-12(13)10-11-7-5-6-8-11/h11-12H,4-10,13H2,1H3. The zero-order chi connectivity index (χ0) is 9.52. The molecule has 0 radical (unpaired) electrons. The molecule has 1 nitrogen and oxygen atoms in total. The molecule has 0 aromatic carbocycles. The highest BCUT2D eigenvalue weighted by molar-refractivity contribution is 4.95. The first kappa shape index (κ1) is 10.6. The average molecular weight is 179 g/mol. The van der Waals surface area contributed by atoms with Gasteiger partial charge in [0.25, 0.3) is 0 Å². The number of rotatable bonds is 4. The normalized spacial score (nSPS) is 19.5. The van der Waals surface area contributed by atoms with E-state index in [2.05, 4.69) is 11.8 Å². The van der Waals surface area contributed by atoms with Crippen LogP contribution in [-0.2, 0) is 0 Å². The molecule has 0 aliphatic heterocycles. The second kappa shape index (κ2) is 6.05. The lowest BCUT2D eigenvalue weighted by atomic mass is 9.96. The molecule has 13 heavy (non-hydrogen) atoms. The third-order valence-corrected chi connectivity index (χ3v) is 2.93. The lowest BCUT2D eigenvalue weighted by Gasteiger charge is -2.14. The second-order valence-corrected chi connectivity index (χ2v) is 4.11. The van der Waals surface area contributed by atoms with Crippen molar-refractivity contribution in [3.05, 3.63) is 0 Å². The molecule has 1 heteroatoms. The lowest BCUT2D eigenvalue weighted by molar-refractivity contribution is 0.430. The highest BCUT2D eigenvalue weighted by Crippen LogP contribution is 2.28. The van der Waals surface area contributed by atoms with E-state index in [1.165, 1.54) is 32.1 Å². The molecule has 0 saturated heterocycles. The minimum absolute atomic E-state index is 0.393. The van der Waals surface area contributed by atoms with Crippen LogP contribution >= 0.6 is 0 Å². The van der Waals surface area contributed by atoms with Gasteiger partial charge in [-0.3, -0.25) is 0 Å². The van der Waals surface area contributed by atoms with Gasteiger partial charge in [-0.1, -0.05) is 25.7 Å². The van der Waals surface area contributed by atoms with Gasteiger partial charge >= 0.3 is 0 Å². The topological polar surface area (TPSA) is 26.0 Å². The van der Waals surface area contributed by atoms with Gasteiger partial charge < -0.3 is 5.73 Å². The Labute approximate surface area is 82.1 Å². The van der Waals surface area contributed by atoms with Crippen molar-refractivity contribution in [2.24, 2.45) is 11.7 Å². The van der Waals surface area contributed by atoms with Crippen molar-refractivity contribution < 1.29 is 0 Å². The van der Waals surface area contributed by atoms with Crippen LogP contribution in [0, 0.1) is 17.8 Å². The minimum Gasteiger partial charge on any atom is -0.328 e. The van der Waals surface area contributed by atoms with Gasteiger partial charge in [-0.25, -0.2) is 0 Å². The van der Waals surface area contributed by atoms with Crippen molar-refractivity contribution in [1.82, 2.24) is 0 Å². The molecule has 0 heterocycles. The SMILES string of the molecule is CC#CCCC(N)CC1CCCC1. The van der Waals surface area contributed by atoms with Gasteiger partial charge in [0, 0.05) is 12.5 Å². The van der Waals surface area contributed by atoms with Crippen molar-refractivity contribution >= 4 is 0 Å². The van der Waals surface area contributed by atoms with E-state index in [9.17, 15) is 0 Å². The molecule has 74 valence electrons. The highest BCUT2D eigenvalue weighted by atomic mass is 14.6. The molecule has 1 aliphatic rings. The first-order chi connectivity index (χ1) is 6.33. The third-order valence-electron chi connectivity index (χ3n) is 2.93. The van der Waals surface area contributed by atoms with Gasteiger partial charge in [-0.05, 0) is 25.7 Å². The van der Waals surface area contributed by atoms with Gasteiger partial charge in [0.15, 0.2) is 0 Å². The van der Waals surface area contributed by atoms with E-state index in [1.54, 1.807) is 0 Å². The Bertz CT molecular complexity index is 181. The van der Waals surface area contributed by atoms with Crippen LogP contribution in [0.3, 0.4) is 0 Å². The van der Waals surface area contributed by atoms with E-state index in [0.717, 1.165) is 18.8 Å². The fourth-order valence-electron chi connectivity index (χ4n) is 2.17. The van der Waals surface area contributed by atoms with Gasteiger partial charge in [-0.15, -0.1) is 11.8 Å². The van der Waals surface area contributed by atoms with Crippen LogP contribution in [0.2, 0.25) is 0 Å². The summed E-state index contributed by atoms with van der Waals surface area (Å²) < 4.78 is 0. The van der Waals surface area contributed by atoms with E-state index >= 15 is 0 Å². The Morgan fingerprint density at radius 1 is 1.38 bits per heavy atom. The van der Waals surface area contributed by atoms with Gasteiger partial charge in [0.1, 0.15) is 0 Å². The molecule has 1 unspecified atom stereocenters. The maximum atomic E-state index is 6.03. The van der Waals surface area contributed by atoms with E-state index < -0.39 is 0 Å². The Morgan fingerprint density at radius 3 is 2.69 bits per heavy atom. The molecule has 0 aromatic heterocycles. The van der Waals surface area contributed by atoms with Crippen LogP contribution in [-0.4, -0.2) is 6.04 Å². The quantitative estimate of drug-likeness (QED) is 0.660. The summed E-state index contributed by atoms with van der Waals surface area (Å²) in [6.07, 6.45) is 8.95. The van der Waals surface area contributed by atoms with Crippen LogP contribution in [0.1, 0.15) is 51.9 Å². The summed E-state index contributed by atoms with van der Waals surface area (Å²) in [6, 6.07) is 0.393. The summed E-state index contributed by atoms with van der Waals surface area (Å²) in [7, 11) is 0. The van der Waals surface area contributed by atoms with Gasteiger partial charge in [-0.2, -0.15) is 0 Å². The van der Waals surface area contributed by atoms with E-state index in [4.69, 9.17) is 5.73 Å². The molecular weight excluding hydrogens is 158 g/mol. The second-order valence-electron chi connectivity index (χ2n) is 4.11. The van der Waals surface area contributed by atoms with Gasteiger partial charge in [0.2, 0.25) is 0 Å². The molecule has 2 N–H and O–H groups in total. The fourth-order valence-corrected chi connectivity index (χ4v) is 2.17. The molecule has 1 aliphatic carbocycles. The number of nitrogens with two attached hydrogens (primary N) is 1. The van der Waals surface area contributed by atoms with Gasteiger partial charge in [0.05, 0.1) is 0 Å². The average Bonchev–Trinajstić information content (AvgIpc) is 2.57. The van der Waals surface area contributed by atoms with Crippen molar-refractivity contribution in [3.8, 4) is 11.8 Å². The third kappa shape index (κ3) is 4.33. The Hall–Kier alpha value is -0.480. The molecular formula is C12H21N. The van der Waals surface area contributed by atoms with Crippen LogP contribution in [0.4, 0.5) is 0 Å². The van der Waals surface area contributed by atoms with E-state index in [0.29, 0.717) is 6.04 Å². The van der Waals surface area contributed by atoms with Crippen LogP contribution in [0.25, 0.3) is 0 Å². The summed E-state index contributed by atoms with van der Waals surface area (Å²) in [5.74, 6) is 6.91. The summed E-state index contributed by atoms with van der Waals surface area (Å²) in [6.45, 7) is 1.89. The Kier molecular flexibility index (Phi) is 4.93. The predicted octanol–water partition coefficient (Wildman–Crippen LogP) is 2.70. The first-order valence-corrected chi connectivity index (χ1v) is 5.48. The maximum Gasteiger partial charge on any atom is 0.0103 e. The fraction of sp³-hybridized carbons (Fsp3) is 0.833. The smallest absolute Gasteiger partial charge is 0.0103 e. The molecule has 1 saturated carbocycles.